The van der Waals surface area contributed by atoms with E-state index in [4.69, 9.17) is 32.8 Å². The van der Waals surface area contributed by atoms with Crippen LogP contribution in [0.15, 0.2) is 41.2 Å². The molecule has 0 radical (unpaired) electrons. The summed E-state index contributed by atoms with van der Waals surface area (Å²) in [5, 5.41) is 13.2. The Morgan fingerprint density at radius 2 is 1.97 bits per heavy atom. The number of nitriles is 1. The van der Waals surface area contributed by atoms with Crippen LogP contribution < -0.4 is 27.1 Å². The van der Waals surface area contributed by atoms with Gasteiger partial charge in [-0.3, -0.25) is 9.36 Å². The highest BCUT2D eigenvalue weighted by molar-refractivity contribution is 6.35. The summed E-state index contributed by atoms with van der Waals surface area (Å²) in [6, 6.07) is 11.8. The first-order valence-electron chi connectivity index (χ1n) is 10.2. The van der Waals surface area contributed by atoms with E-state index in [9.17, 15) is 10.1 Å². The van der Waals surface area contributed by atoms with Crippen LogP contribution >= 0.6 is 11.6 Å². The first-order valence-corrected chi connectivity index (χ1v) is 10.6. The fourth-order valence-corrected chi connectivity index (χ4v) is 3.93. The second-order valence-electron chi connectivity index (χ2n) is 7.57. The van der Waals surface area contributed by atoms with E-state index in [0.29, 0.717) is 22.8 Å². The molecule has 10 nitrogen and oxygen atoms in total. The number of hydrogen-bond donors (Lipinski definition) is 3. The quantitative estimate of drug-likeness (QED) is 0.392. The number of aryl methyl sites for hydroxylation is 1. The number of nitrogen functional groups attached to an aromatic ring is 2. The Labute approximate surface area is 199 Å². The summed E-state index contributed by atoms with van der Waals surface area (Å²) < 4.78 is 6.90. The molecule has 1 unspecified atom stereocenters. The number of nitrogens with zero attached hydrogens (tertiary/aromatic N) is 5. The highest BCUT2D eigenvalue weighted by atomic mass is 35.5. The molecule has 34 heavy (non-hydrogen) atoms. The van der Waals surface area contributed by atoms with E-state index >= 15 is 0 Å². The summed E-state index contributed by atoms with van der Waals surface area (Å²) in [5.74, 6) is 0.950. The molecular formula is C23H21ClN8O2. The van der Waals surface area contributed by atoms with Crippen molar-refractivity contribution in [3.63, 3.8) is 0 Å². The summed E-state index contributed by atoms with van der Waals surface area (Å²) in [6.45, 7) is 3.68. The average Bonchev–Trinajstić information content (AvgIpc) is 2.79. The minimum atomic E-state index is -0.607. The minimum Gasteiger partial charge on any atom is -0.496 e. The normalized spacial score (nSPS) is 11.7. The maximum Gasteiger partial charge on any atom is 0.267 e. The Morgan fingerprint density at radius 1 is 1.21 bits per heavy atom. The van der Waals surface area contributed by atoms with Gasteiger partial charge in [-0.2, -0.15) is 15.2 Å². The maximum atomic E-state index is 13.7. The van der Waals surface area contributed by atoms with Crippen molar-refractivity contribution in [3.8, 4) is 17.5 Å². The Bertz CT molecular complexity index is 1530. The Morgan fingerprint density at radius 3 is 2.68 bits per heavy atom. The molecule has 0 spiro atoms. The van der Waals surface area contributed by atoms with E-state index in [1.807, 2.05) is 19.1 Å². The molecule has 2 heterocycles. The van der Waals surface area contributed by atoms with Gasteiger partial charge in [-0.25, -0.2) is 4.98 Å². The van der Waals surface area contributed by atoms with E-state index in [2.05, 4.69) is 15.3 Å². The van der Waals surface area contributed by atoms with Gasteiger partial charge in [0.2, 0.25) is 5.95 Å². The van der Waals surface area contributed by atoms with E-state index in [-0.39, 0.29) is 39.1 Å². The van der Waals surface area contributed by atoms with Gasteiger partial charge >= 0.3 is 0 Å². The molecule has 2 aromatic carbocycles. The van der Waals surface area contributed by atoms with Crippen LogP contribution in [0, 0.1) is 18.3 Å². The van der Waals surface area contributed by atoms with E-state index in [0.717, 1.165) is 5.56 Å². The number of aromatic nitrogens is 4. The first-order chi connectivity index (χ1) is 16.2. The average molecular weight is 477 g/mol. The molecule has 0 bridgehead atoms. The van der Waals surface area contributed by atoms with Crippen molar-refractivity contribution >= 4 is 40.1 Å². The number of nitrogens with two attached hydrogens (primary N) is 2. The zero-order chi connectivity index (χ0) is 24.6. The third-order valence-electron chi connectivity index (χ3n) is 5.33. The molecule has 0 aliphatic rings. The SMILES string of the molecule is COc1cc(-n2c(C(C)Nc3nc(N)nc(N)c3C#N)nc3cccc(Cl)c3c2=O)ccc1C. The van der Waals surface area contributed by atoms with Gasteiger partial charge in [0.05, 0.1) is 34.8 Å². The number of nitrogens with one attached hydrogen (secondary N) is 1. The van der Waals surface area contributed by atoms with Crippen LogP contribution in [0.25, 0.3) is 16.6 Å². The van der Waals surface area contributed by atoms with Crippen LogP contribution in [0.5, 0.6) is 5.75 Å². The predicted molar refractivity (Wildman–Crippen MR) is 131 cm³/mol. The van der Waals surface area contributed by atoms with Gasteiger partial charge in [0.1, 0.15) is 29.0 Å². The van der Waals surface area contributed by atoms with Gasteiger partial charge < -0.3 is 21.5 Å². The zero-order valence-electron chi connectivity index (χ0n) is 18.6. The number of rotatable bonds is 5. The van der Waals surface area contributed by atoms with Gasteiger partial charge in [-0.15, -0.1) is 0 Å². The van der Waals surface area contributed by atoms with Crippen LogP contribution in [0.3, 0.4) is 0 Å². The second kappa shape index (κ2) is 8.88. The van der Waals surface area contributed by atoms with Crippen LogP contribution in [0.1, 0.15) is 29.9 Å². The smallest absolute Gasteiger partial charge is 0.267 e. The lowest BCUT2D eigenvalue weighted by Gasteiger charge is -2.21. The monoisotopic (exact) mass is 476 g/mol. The third-order valence-corrected chi connectivity index (χ3v) is 5.64. The molecule has 0 saturated carbocycles. The van der Waals surface area contributed by atoms with Crippen molar-refractivity contribution in [2.24, 2.45) is 0 Å². The molecule has 2 aromatic heterocycles. The number of hydrogen-bond acceptors (Lipinski definition) is 9. The molecule has 4 aromatic rings. The lowest BCUT2D eigenvalue weighted by atomic mass is 10.1. The van der Waals surface area contributed by atoms with Crippen molar-refractivity contribution in [3.05, 3.63) is 68.7 Å². The summed E-state index contributed by atoms with van der Waals surface area (Å²) in [6.07, 6.45) is 0. The van der Waals surface area contributed by atoms with Crippen molar-refractivity contribution < 1.29 is 4.74 Å². The zero-order valence-corrected chi connectivity index (χ0v) is 19.4. The van der Waals surface area contributed by atoms with Crippen molar-refractivity contribution in [1.82, 2.24) is 19.5 Å². The Hall–Kier alpha value is -4.36. The summed E-state index contributed by atoms with van der Waals surface area (Å²) in [5.41, 5.74) is 13.1. The fraction of sp³-hybridized carbons (Fsp3) is 0.174. The maximum absolute atomic E-state index is 13.7. The van der Waals surface area contributed by atoms with Gasteiger partial charge in [0.15, 0.2) is 5.82 Å². The van der Waals surface area contributed by atoms with Crippen molar-refractivity contribution in [2.45, 2.75) is 19.9 Å². The van der Waals surface area contributed by atoms with Gasteiger partial charge in [0, 0.05) is 6.07 Å². The third kappa shape index (κ3) is 3.93. The highest BCUT2D eigenvalue weighted by Gasteiger charge is 2.22. The highest BCUT2D eigenvalue weighted by Crippen LogP contribution is 2.28. The second-order valence-corrected chi connectivity index (χ2v) is 7.97. The Balaban J connectivity index is 1.97. The topological polar surface area (TPSA) is 158 Å². The number of benzene rings is 2. The Kier molecular flexibility index (Phi) is 5.96. The molecule has 11 heteroatoms. The van der Waals surface area contributed by atoms with Gasteiger partial charge in [-0.05, 0) is 37.6 Å². The largest absolute Gasteiger partial charge is 0.496 e. The molecule has 0 aliphatic heterocycles. The number of anilines is 3. The summed E-state index contributed by atoms with van der Waals surface area (Å²) in [7, 11) is 1.56. The summed E-state index contributed by atoms with van der Waals surface area (Å²) in [4.78, 5) is 26.4. The number of ether oxygens (including phenoxy) is 1. The van der Waals surface area contributed by atoms with Crippen LogP contribution in [0.4, 0.5) is 17.6 Å². The van der Waals surface area contributed by atoms with E-state index in [1.54, 1.807) is 44.4 Å². The number of halogens is 1. The molecule has 0 fully saturated rings. The lowest BCUT2D eigenvalue weighted by molar-refractivity contribution is 0.411. The molecule has 0 amide bonds. The van der Waals surface area contributed by atoms with E-state index < -0.39 is 6.04 Å². The fourth-order valence-electron chi connectivity index (χ4n) is 3.68. The number of methoxy groups -OCH3 is 1. The summed E-state index contributed by atoms with van der Waals surface area (Å²) >= 11 is 6.37. The standard InChI is InChI=1S/C23H21ClN8O2/c1-11-7-8-13(9-17(11)34-3)32-21(29-16-6-4-5-15(24)18(16)22(32)33)12(2)28-20-14(10-25)19(26)30-23(27)31-20/h4-9,12H,1-3H3,(H5,26,27,28,30,31). The van der Waals surface area contributed by atoms with Crippen LogP contribution in [-0.4, -0.2) is 26.6 Å². The van der Waals surface area contributed by atoms with E-state index in [1.165, 1.54) is 4.57 Å². The first kappa shape index (κ1) is 22.8. The molecular weight excluding hydrogens is 456 g/mol. The molecule has 172 valence electrons. The lowest BCUT2D eigenvalue weighted by Crippen LogP contribution is -2.28. The van der Waals surface area contributed by atoms with Crippen molar-refractivity contribution in [2.75, 3.05) is 23.9 Å². The van der Waals surface area contributed by atoms with Gasteiger partial charge in [0.25, 0.3) is 5.56 Å². The molecule has 5 N–H and O–H groups in total. The number of fused-ring (bicyclic) bond motifs is 1. The van der Waals surface area contributed by atoms with Crippen LogP contribution in [0.2, 0.25) is 5.02 Å². The minimum absolute atomic E-state index is 0.0378. The molecule has 0 aliphatic carbocycles. The van der Waals surface area contributed by atoms with Crippen molar-refractivity contribution in [1.29, 1.82) is 5.26 Å². The molecule has 4 rings (SSSR count). The molecule has 0 saturated heterocycles. The van der Waals surface area contributed by atoms with Crippen LogP contribution in [-0.2, 0) is 0 Å². The predicted octanol–water partition coefficient (Wildman–Crippen LogP) is 3.36. The molecule has 1 atom stereocenters. The van der Waals surface area contributed by atoms with Gasteiger partial charge in [-0.1, -0.05) is 23.7 Å².